The number of aryl methyl sites for hydroxylation is 1. The summed E-state index contributed by atoms with van der Waals surface area (Å²) in [5, 5.41) is 10.3. The van der Waals surface area contributed by atoms with Crippen molar-refractivity contribution in [2.45, 2.75) is 6.92 Å². The zero-order chi connectivity index (χ0) is 15.8. The van der Waals surface area contributed by atoms with Gasteiger partial charge in [0.1, 0.15) is 5.75 Å². The molecule has 0 amide bonds. The van der Waals surface area contributed by atoms with Crippen LogP contribution in [-0.4, -0.2) is 85.6 Å². The van der Waals surface area contributed by atoms with Crippen LogP contribution in [0.2, 0.25) is 0 Å². The Kier molecular flexibility index (Phi) is 8.52. The van der Waals surface area contributed by atoms with Gasteiger partial charge in [-0.25, -0.2) is 0 Å². The van der Waals surface area contributed by atoms with Crippen molar-refractivity contribution in [2.24, 2.45) is 0 Å². The van der Waals surface area contributed by atoms with Crippen LogP contribution in [0.3, 0.4) is 0 Å². The molecule has 2 N–H and O–H groups in total. The minimum atomic E-state index is -5.24. The van der Waals surface area contributed by atoms with Gasteiger partial charge in [0.2, 0.25) is 0 Å². The zero-order valence-corrected chi connectivity index (χ0v) is 12.2. The monoisotopic (exact) mass is 382 g/mol. The molecular formula is C11H12Na2O8S2. The summed E-state index contributed by atoms with van der Waals surface area (Å²) >= 11 is 0. The first-order chi connectivity index (χ1) is 9.59. The first-order valence-electron chi connectivity index (χ1n) is 5.43. The Hall–Kier alpha value is 0.120. The van der Waals surface area contributed by atoms with Crippen LogP contribution in [0.15, 0.2) is 30.3 Å². The quantitative estimate of drug-likeness (QED) is 0.559. The molecule has 0 saturated heterocycles. The van der Waals surface area contributed by atoms with Crippen LogP contribution in [0, 0.1) is 6.92 Å². The first kappa shape index (κ1) is 23.1. The average Bonchev–Trinajstić information content (AvgIpc) is 2.31. The van der Waals surface area contributed by atoms with Gasteiger partial charge in [0.15, 0.2) is 5.75 Å². The minimum absolute atomic E-state index is 0. The van der Waals surface area contributed by atoms with E-state index in [2.05, 4.69) is 7.81 Å². The van der Waals surface area contributed by atoms with E-state index in [0.29, 0.717) is 5.39 Å². The normalized spacial score (nSPS) is 11.4. The van der Waals surface area contributed by atoms with E-state index in [9.17, 15) is 21.9 Å². The summed E-state index contributed by atoms with van der Waals surface area (Å²) in [6.07, 6.45) is 0. The second kappa shape index (κ2) is 8.48. The van der Waals surface area contributed by atoms with Crippen molar-refractivity contribution < 1.29 is 34.3 Å². The third-order valence-electron chi connectivity index (χ3n) is 2.51. The Morgan fingerprint density at radius 2 is 1.52 bits per heavy atom. The molecule has 0 fully saturated rings. The zero-order valence-electron chi connectivity index (χ0n) is 10.5. The average molecular weight is 382 g/mol. The van der Waals surface area contributed by atoms with E-state index in [0.717, 1.165) is 0 Å². The molecule has 0 aromatic heterocycles. The maximum atomic E-state index is 11.5. The van der Waals surface area contributed by atoms with E-state index in [1.54, 1.807) is 12.1 Å². The molecule has 118 valence electrons. The summed E-state index contributed by atoms with van der Waals surface area (Å²) in [5.74, 6) is -0.310. The summed E-state index contributed by atoms with van der Waals surface area (Å²) in [4.78, 5) is 0. The molecular weight excluding hydrogens is 370 g/mol. The van der Waals surface area contributed by atoms with Gasteiger partial charge in [-0.15, -0.1) is 0 Å². The van der Waals surface area contributed by atoms with E-state index >= 15 is 0 Å². The van der Waals surface area contributed by atoms with Gasteiger partial charge in [0.25, 0.3) is 0 Å². The SMILES string of the molecule is Cc1cc(O)c2ccccc2c1OS(=O)(=O)OS(=O)(=O)O.[NaH].[NaH]. The molecule has 0 saturated carbocycles. The first-order valence-corrected chi connectivity index (χ1v) is 8.13. The molecule has 0 bridgehead atoms. The van der Waals surface area contributed by atoms with E-state index in [1.165, 1.54) is 25.1 Å². The van der Waals surface area contributed by atoms with E-state index in [-0.39, 0.29) is 81.6 Å². The maximum absolute atomic E-state index is 11.5. The molecule has 2 aromatic rings. The van der Waals surface area contributed by atoms with Gasteiger partial charge in [0.05, 0.1) is 0 Å². The van der Waals surface area contributed by atoms with E-state index < -0.39 is 20.8 Å². The molecule has 12 heteroatoms. The van der Waals surface area contributed by atoms with E-state index in [4.69, 9.17) is 4.55 Å². The molecule has 2 aromatic carbocycles. The molecule has 2 rings (SSSR count). The topological polar surface area (TPSA) is 127 Å². The van der Waals surface area contributed by atoms with Crippen LogP contribution in [0.25, 0.3) is 10.8 Å². The third kappa shape index (κ3) is 6.16. The van der Waals surface area contributed by atoms with Gasteiger partial charge in [0, 0.05) is 10.8 Å². The van der Waals surface area contributed by atoms with E-state index in [1.807, 2.05) is 0 Å². The van der Waals surface area contributed by atoms with Gasteiger partial charge >= 0.3 is 79.9 Å². The number of hydrogen-bond acceptors (Lipinski definition) is 7. The Morgan fingerprint density at radius 3 is 2.04 bits per heavy atom. The Morgan fingerprint density at radius 1 is 1.00 bits per heavy atom. The molecule has 0 atom stereocenters. The summed E-state index contributed by atoms with van der Waals surface area (Å²) in [6, 6.07) is 7.43. The van der Waals surface area contributed by atoms with Crippen molar-refractivity contribution in [1.82, 2.24) is 0 Å². The number of fused-ring (bicyclic) bond motifs is 1. The molecule has 0 radical (unpaired) electrons. The molecule has 0 spiro atoms. The Bertz CT molecular complexity index is 909. The van der Waals surface area contributed by atoms with Crippen LogP contribution < -0.4 is 4.18 Å². The van der Waals surface area contributed by atoms with Crippen molar-refractivity contribution in [1.29, 1.82) is 0 Å². The van der Waals surface area contributed by atoms with Crippen molar-refractivity contribution in [3.63, 3.8) is 0 Å². The molecule has 0 aliphatic rings. The second-order valence-electron chi connectivity index (χ2n) is 4.07. The van der Waals surface area contributed by atoms with Crippen molar-refractivity contribution in [2.75, 3.05) is 0 Å². The summed E-state index contributed by atoms with van der Waals surface area (Å²) in [5.41, 5.74) is 0.230. The van der Waals surface area contributed by atoms with Crippen LogP contribution >= 0.6 is 0 Å². The predicted octanol–water partition coefficient (Wildman–Crippen LogP) is -0.000180. The number of phenolic OH excluding ortho intramolecular Hbond substituents is 1. The van der Waals surface area contributed by atoms with Crippen LogP contribution in [0.1, 0.15) is 5.56 Å². The molecule has 0 aliphatic carbocycles. The van der Waals surface area contributed by atoms with Crippen LogP contribution in [-0.2, 0) is 24.4 Å². The number of phenols is 1. The summed E-state index contributed by atoms with van der Waals surface area (Å²) < 4.78 is 60.3. The van der Waals surface area contributed by atoms with Gasteiger partial charge in [-0.3, -0.25) is 4.55 Å². The molecule has 8 nitrogen and oxygen atoms in total. The van der Waals surface area contributed by atoms with Crippen LogP contribution in [0.4, 0.5) is 0 Å². The number of benzene rings is 2. The van der Waals surface area contributed by atoms with Gasteiger partial charge in [-0.2, -0.15) is 16.8 Å². The number of aromatic hydroxyl groups is 1. The third-order valence-corrected chi connectivity index (χ3v) is 4.24. The predicted molar refractivity (Wildman–Crippen MR) is 86.8 cm³/mol. The van der Waals surface area contributed by atoms with Crippen LogP contribution in [0.5, 0.6) is 11.5 Å². The summed E-state index contributed by atoms with van der Waals surface area (Å²) in [7, 11) is -10.3. The fraction of sp³-hybridized carbons (Fsp3) is 0.0909. The molecule has 0 heterocycles. The van der Waals surface area contributed by atoms with Gasteiger partial charge < -0.3 is 9.29 Å². The summed E-state index contributed by atoms with van der Waals surface area (Å²) in [6.45, 7) is 1.45. The van der Waals surface area contributed by atoms with Gasteiger partial charge in [-0.1, -0.05) is 27.9 Å². The molecule has 23 heavy (non-hydrogen) atoms. The standard InChI is InChI=1S/C11H10O8S2.2Na.2H/c1-7-6-10(12)8-4-2-3-5-9(8)11(7)18-21(16,17)19-20(13,14)15;;;;/h2-6,12H,1H3,(H,13,14,15);;;;. The fourth-order valence-corrected chi connectivity index (χ4v) is 3.18. The Labute approximate surface area is 177 Å². The van der Waals surface area contributed by atoms with Crippen molar-refractivity contribution in [3.8, 4) is 11.5 Å². The fourth-order valence-electron chi connectivity index (χ4n) is 1.80. The second-order valence-corrected chi connectivity index (χ2v) is 6.46. The number of hydrogen-bond donors (Lipinski definition) is 2. The molecule has 0 unspecified atom stereocenters. The van der Waals surface area contributed by atoms with Crippen molar-refractivity contribution in [3.05, 3.63) is 35.9 Å². The van der Waals surface area contributed by atoms with Crippen molar-refractivity contribution >= 4 is 90.7 Å². The Balaban J connectivity index is 0.00000242. The van der Waals surface area contributed by atoms with Gasteiger partial charge in [-0.05, 0) is 18.6 Å². The number of rotatable bonds is 4. The molecule has 0 aliphatic heterocycles.